The molecule has 0 aliphatic heterocycles. The fraction of sp³-hybridized carbons (Fsp3) is 0.500. The second-order valence-electron chi connectivity index (χ2n) is 4.39. The first kappa shape index (κ1) is 10.6. The SMILES string of the molecule is Cc1ccc(F)c(C(O)(CN)C2CC2)c1. The summed E-state index contributed by atoms with van der Waals surface area (Å²) in [5.74, 6) is -0.237. The molecule has 0 heterocycles. The molecule has 1 aliphatic rings. The van der Waals surface area contributed by atoms with Crippen LogP contribution in [0.1, 0.15) is 24.0 Å². The summed E-state index contributed by atoms with van der Waals surface area (Å²) in [7, 11) is 0. The van der Waals surface area contributed by atoms with E-state index in [0.717, 1.165) is 18.4 Å². The summed E-state index contributed by atoms with van der Waals surface area (Å²) in [6, 6.07) is 4.79. The number of rotatable bonds is 3. The Hall–Kier alpha value is -0.930. The quantitative estimate of drug-likeness (QED) is 0.795. The van der Waals surface area contributed by atoms with Crippen LogP contribution in [0.25, 0.3) is 0 Å². The number of hydrogen-bond donors (Lipinski definition) is 2. The number of benzene rings is 1. The molecule has 0 radical (unpaired) electrons. The Labute approximate surface area is 88.9 Å². The normalized spacial score (nSPS) is 20.0. The molecule has 0 spiro atoms. The number of aliphatic hydroxyl groups is 1. The van der Waals surface area contributed by atoms with Gasteiger partial charge < -0.3 is 10.8 Å². The highest BCUT2D eigenvalue weighted by Gasteiger charge is 2.45. The topological polar surface area (TPSA) is 46.2 Å². The zero-order chi connectivity index (χ0) is 11.1. The molecule has 0 aromatic heterocycles. The fourth-order valence-electron chi connectivity index (χ4n) is 2.03. The van der Waals surface area contributed by atoms with Gasteiger partial charge in [0.2, 0.25) is 0 Å². The van der Waals surface area contributed by atoms with Crippen molar-refractivity contribution < 1.29 is 9.50 Å². The van der Waals surface area contributed by atoms with Gasteiger partial charge in [-0.2, -0.15) is 0 Å². The van der Waals surface area contributed by atoms with Crippen molar-refractivity contribution in [3.05, 3.63) is 35.1 Å². The molecule has 1 saturated carbocycles. The van der Waals surface area contributed by atoms with Crippen LogP contribution < -0.4 is 5.73 Å². The molecule has 0 saturated heterocycles. The minimum absolute atomic E-state index is 0.0814. The van der Waals surface area contributed by atoms with E-state index in [-0.39, 0.29) is 18.3 Å². The van der Waals surface area contributed by atoms with Crippen LogP contribution in [0.4, 0.5) is 4.39 Å². The van der Waals surface area contributed by atoms with Crippen molar-refractivity contribution in [2.24, 2.45) is 11.7 Å². The van der Waals surface area contributed by atoms with Gasteiger partial charge in [-0.05, 0) is 31.7 Å². The Morgan fingerprint density at radius 3 is 2.73 bits per heavy atom. The van der Waals surface area contributed by atoms with Crippen molar-refractivity contribution >= 4 is 0 Å². The highest BCUT2D eigenvalue weighted by molar-refractivity contribution is 5.31. The van der Waals surface area contributed by atoms with E-state index in [2.05, 4.69) is 0 Å². The zero-order valence-corrected chi connectivity index (χ0v) is 8.83. The summed E-state index contributed by atoms with van der Waals surface area (Å²) in [4.78, 5) is 0. The van der Waals surface area contributed by atoms with E-state index in [0.29, 0.717) is 5.56 Å². The summed E-state index contributed by atoms with van der Waals surface area (Å²) >= 11 is 0. The molecule has 82 valence electrons. The van der Waals surface area contributed by atoms with Crippen LogP contribution in [0.3, 0.4) is 0 Å². The Morgan fingerprint density at radius 1 is 1.53 bits per heavy atom. The molecule has 15 heavy (non-hydrogen) atoms. The number of hydrogen-bond acceptors (Lipinski definition) is 2. The maximum atomic E-state index is 13.6. The Bertz CT molecular complexity index is 376. The van der Waals surface area contributed by atoms with Crippen molar-refractivity contribution in [1.29, 1.82) is 0 Å². The third-order valence-electron chi connectivity index (χ3n) is 3.15. The van der Waals surface area contributed by atoms with Crippen LogP contribution in [0.15, 0.2) is 18.2 Å². The van der Waals surface area contributed by atoms with E-state index in [1.165, 1.54) is 6.07 Å². The molecule has 1 aromatic rings. The summed E-state index contributed by atoms with van der Waals surface area (Å²) in [5, 5.41) is 10.4. The van der Waals surface area contributed by atoms with Gasteiger partial charge >= 0.3 is 0 Å². The van der Waals surface area contributed by atoms with Crippen LogP contribution in [0.5, 0.6) is 0 Å². The predicted octanol–water partition coefficient (Wildman–Crippen LogP) is 1.69. The largest absolute Gasteiger partial charge is 0.383 e. The first-order valence-corrected chi connectivity index (χ1v) is 5.27. The minimum atomic E-state index is -1.17. The van der Waals surface area contributed by atoms with E-state index in [9.17, 15) is 9.50 Å². The second-order valence-corrected chi connectivity index (χ2v) is 4.39. The Kier molecular flexibility index (Phi) is 2.52. The Balaban J connectivity index is 2.45. The Morgan fingerprint density at radius 2 is 2.20 bits per heavy atom. The molecule has 1 unspecified atom stereocenters. The first-order valence-electron chi connectivity index (χ1n) is 5.27. The van der Waals surface area contributed by atoms with Crippen molar-refractivity contribution in [3.8, 4) is 0 Å². The fourth-order valence-corrected chi connectivity index (χ4v) is 2.03. The summed E-state index contributed by atoms with van der Waals surface area (Å²) < 4.78 is 13.6. The number of aryl methyl sites for hydroxylation is 1. The van der Waals surface area contributed by atoms with Crippen LogP contribution in [-0.2, 0) is 5.60 Å². The monoisotopic (exact) mass is 209 g/mol. The average molecular weight is 209 g/mol. The highest BCUT2D eigenvalue weighted by atomic mass is 19.1. The molecule has 1 fully saturated rings. The van der Waals surface area contributed by atoms with Crippen LogP contribution in [0.2, 0.25) is 0 Å². The van der Waals surface area contributed by atoms with Gasteiger partial charge in [0.05, 0.1) is 0 Å². The molecule has 1 atom stereocenters. The molecule has 0 amide bonds. The first-order chi connectivity index (χ1) is 7.08. The molecule has 3 heteroatoms. The molecule has 0 bridgehead atoms. The molecule has 1 aliphatic carbocycles. The smallest absolute Gasteiger partial charge is 0.129 e. The number of halogens is 1. The maximum absolute atomic E-state index is 13.6. The predicted molar refractivity (Wildman–Crippen MR) is 56.8 cm³/mol. The lowest BCUT2D eigenvalue weighted by atomic mass is 9.87. The van der Waals surface area contributed by atoms with E-state index < -0.39 is 5.60 Å². The van der Waals surface area contributed by atoms with Gasteiger partial charge in [-0.15, -0.1) is 0 Å². The van der Waals surface area contributed by atoms with Crippen molar-refractivity contribution in [2.75, 3.05) is 6.54 Å². The molecule has 2 rings (SSSR count). The van der Waals surface area contributed by atoms with Gasteiger partial charge in [0.1, 0.15) is 11.4 Å². The lowest BCUT2D eigenvalue weighted by molar-refractivity contribution is 0.0187. The van der Waals surface area contributed by atoms with Crippen molar-refractivity contribution in [3.63, 3.8) is 0 Å². The lowest BCUT2D eigenvalue weighted by Crippen LogP contribution is -2.38. The molecule has 1 aromatic carbocycles. The van der Waals surface area contributed by atoms with Gasteiger partial charge in [0.15, 0.2) is 0 Å². The third-order valence-corrected chi connectivity index (χ3v) is 3.15. The van der Waals surface area contributed by atoms with Gasteiger partial charge in [-0.3, -0.25) is 0 Å². The van der Waals surface area contributed by atoms with Crippen molar-refractivity contribution in [2.45, 2.75) is 25.4 Å². The lowest BCUT2D eigenvalue weighted by Gasteiger charge is -2.27. The van der Waals surface area contributed by atoms with Gasteiger partial charge in [-0.25, -0.2) is 4.39 Å². The summed E-state index contributed by atoms with van der Waals surface area (Å²) in [5.41, 5.74) is 5.71. The molecule has 3 N–H and O–H groups in total. The van der Waals surface area contributed by atoms with Gasteiger partial charge in [0.25, 0.3) is 0 Å². The second kappa shape index (κ2) is 3.58. The minimum Gasteiger partial charge on any atom is -0.383 e. The van der Waals surface area contributed by atoms with Crippen LogP contribution in [0, 0.1) is 18.7 Å². The van der Waals surface area contributed by atoms with Gasteiger partial charge in [-0.1, -0.05) is 17.7 Å². The van der Waals surface area contributed by atoms with E-state index in [1.807, 2.05) is 6.92 Å². The molecular formula is C12H16FNO. The van der Waals surface area contributed by atoms with E-state index >= 15 is 0 Å². The van der Waals surface area contributed by atoms with Gasteiger partial charge in [0, 0.05) is 12.1 Å². The third kappa shape index (κ3) is 1.77. The molecular weight excluding hydrogens is 193 g/mol. The van der Waals surface area contributed by atoms with E-state index in [4.69, 9.17) is 5.73 Å². The van der Waals surface area contributed by atoms with Crippen molar-refractivity contribution in [1.82, 2.24) is 0 Å². The standard InChI is InChI=1S/C12H16FNO/c1-8-2-5-11(13)10(6-8)12(15,7-14)9-3-4-9/h2,5-6,9,15H,3-4,7,14H2,1H3. The van der Waals surface area contributed by atoms with Crippen LogP contribution >= 0.6 is 0 Å². The van der Waals surface area contributed by atoms with E-state index in [1.54, 1.807) is 12.1 Å². The summed E-state index contributed by atoms with van der Waals surface area (Å²) in [6.07, 6.45) is 1.86. The summed E-state index contributed by atoms with van der Waals surface area (Å²) in [6.45, 7) is 1.96. The molecule has 2 nitrogen and oxygen atoms in total. The maximum Gasteiger partial charge on any atom is 0.129 e. The number of nitrogens with two attached hydrogens (primary N) is 1. The zero-order valence-electron chi connectivity index (χ0n) is 8.83. The average Bonchev–Trinajstić information content (AvgIpc) is 3.04. The van der Waals surface area contributed by atoms with Crippen LogP contribution in [-0.4, -0.2) is 11.7 Å². The highest BCUT2D eigenvalue weighted by Crippen LogP contribution is 2.45.